The zero-order valence-corrected chi connectivity index (χ0v) is 21.8. The van der Waals surface area contributed by atoms with E-state index in [-0.39, 0.29) is 30.5 Å². The van der Waals surface area contributed by atoms with E-state index in [2.05, 4.69) is 5.32 Å². The Morgan fingerprint density at radius 1 is 1.21 bits per heavy atom. The van der Waals surface area contributed by atoms with Gasteiger partial charge in [0.1, 0.15) is 5.82 Å². The summed E-state index contributed by atoms with van der Waals surface area (Å²) in [7, 11) is -4.39. The van der Waals surface area contributed by atoms with Gasteiger partial charge in [0, 0.05) is 22.9 Å². The molecule has 1 fully saturated rings. The van der Waals surface area contributed by atoms with E-state index in [1.807, 2.05) is 0 Å². The van der Waals surface area contributed by atoms with Gasteiger partial charge in [0.05, 0.1) is 18.1 Å². The average molecular weight is 568 g/mol. The first-order valence-corrected chi connectivity index (χ1v) is 13.7. The Balaban J connectivity index is 1.50. The van der Waals surface area contributed by atoms with Crippen LogP contribution in [0.1, 0.15) is 42.3 Å². The van der Waals surface area contributed by atoms with Crippen molar-refractivity contribution in [3.05, 3.63) is 81.0 Å². The lowest BCUT2D eigenvalue weighted by Gasteiger charge is -2.19. The Hall–Kier alpha value is -3.24. The molecule has 0 saturated heterocycles. The third-order valence-electron chi connectivity index (χ3n) is 6.31. The quantitative estimate of drug-likeness (QED) is 0.243. The third-order valence-corrected chi connectivity index (χ3v) is 7.35. The van der Waals surface area contributed by atoms with Crippen LogP contribution in [0.3, 0.4) is 0 Å². The molecule has 1 aromatic heterocycles. The van der Waals surface area contributed by atoms with Crippen LogP contribution in [0.15, 0.2) is 56.1 Å². The summed E-state index contributed by atoms with van der Waals surface area (Å²) in [6, 6.07) is 11.1. The van der Waals surface area contributed by atoms with Crippen molar-refractivity contribution in [3.63, 3.8) is 0 Å². The zero-order chi connectivity index (χ0) is 27.7. The van der Waals surface area contributed by atoms with E-state index in [0.29, 0.717) is 22.6 Å². The van der Waals surface area contributed by atoms with E-state index < -0.39 is 49.2 Å². The molecule has 0 spiro atoms. The van der Waals surface area contributed by atoms with Gasteiger partial charge in [0.2, 0.25) is 5.91 Å². The van der Waals surface area contributed by atoms with Crippen molar-refractivity contribution in [1.82, 2.24) is 5.32 Å². The molecule has 10 nitrogen and oxygen atoms in total. The molecule has 0 bridgehead atoms. The van der Waals surface area contributed by atoms with Crippen LogP contribution in [0.2, 0.25) is 5.02 Å². The fourth-order valence-corrected chi connectivity index (χ4v) is 4.95. The number of nitrogens with one attached hydrogen (secondary N) is 1. The summed E-state index contributed by atoms with van der Waals surface area (Å²) in [5, 5.41) is 3.13. The van der Waals surface area contributed by atoms with Gasteiger partial charge in [-0.2, -0.15) is 0 Å². The molecule has 202 valence electrons. The molecule has 1 aliphatic rings. The Morgan fingerprint density at radius 2 is 1.92 bits per heavy atom. The minimum atomic E-state index is -4.39. The van der Waals surface area contributed by atoms with Gasteiger partial charge in [-0.3, -0.25) is 14.2 Å². The Morgan fingerprint density at radius 3 is 2.55 bits per heavy atom. The number of amides is 1. The molecular formula is C25H24ClFNO9P. The van der Waals surface area contributed by atoms with Crippen LogP contribution in [0.4, 0.5) is 4.39 Å². The fraction of sp³-hybridized carbons (Fsp3) is 0.320. The fourth-order valence-electron chi connectivity index (χ4n) is 4.28. The normalized spacial score (nSPS) is 18.7. The van der Waals surface area contributed by atoms with E-state index >= 15 is 0 Å². The minimum Gasteiger partial charge on any atom is -0.457 e. The summed E-state index contributed by atoms with van der Waals surface area (Å²) >= 11 is 6.00. The molecule has 1 unspecified atom stereocenters. The SMILES string of the molecule is Cc1oc(=O)oc1COC(=O)CC1(NC(=O)CCP(=O)(O)O)C[C@H]1c1ccc(-c2cc(Cl)ccc2F)cc1. The number of ether oxygens (including phenoxy) is 1. The molecule has 4 rings (SSSR count). The Labute approximate surface area is 220 Å². The summed E-state index contributed by atoms with van der Waals surface area (Å²) in [5.74, 6) is -2.78. The highest BCUT2D eigenvalue weighted by molar-refractivity contribution is 7.51. The van der Waals surface area contributed by atoms with Gasteiger partial charge in [-0.1, -0.05) is 35.9 Å². The summed E-state index contributed by atoms with van der Waals surface area (Å²) in [6.45, 7) is 1.13. The molecule has 1 amide bonds. The van der Waals surface area contributed by atoms with Crippen molar-refractivity contribution in [2.24, 2.45) is 0 Å². The lowest BCUT2D eigenvalue weighted by atomic mass is 9.99. The number of hydrogen-bond acceptors (Lipinski definition) is 7. The van der Waals surface area contributed by atoms with Crippen LogP contribution in [-0.2, 0) is 25.5 Å². The van der Waals surface area contributed by atoms with Crippen molar-refractivity contribution >= 4 is 31.1 Å². The van der Waals surface area contributed by atoms with E-state index in [9.17, 15) is 23.3 Å². The van der Waals surface area contributed by atoms with E-state index in [4.69, 9.17) is 35.0 Å². The predicted octanol–water partition coefficient (Wildman–Crippen LogP) is 4.04. The minimum absolute atomic E-state index is 0.0549. The van der Waals surface area contributed by atoms with Gasteiger partial charge in [0.25, 0.3) is 0 Å². The molecule has 2 aromatic carbocycles. The first-order chi connectivity index (χ1) is 17.8. The zero-order valence-electron chi connectivity index (χ0n) is 20.1. The molecular weight excluding hydrogens is 544 g/mol. The first-order valence-electron chi connectivity index (χ1n) is 11.5. The first kappa shape index (κ1) is 27.8. The third kappa shape index (κ3) is 6.79. The van der Waals surface area contributed by atoms with E-state index in [0.717, 1.165) is 5.56 Å². The number of aryl methyl sites for hydroxylation is 1. The van der Waals surface area contributed by atoms with E-state index in [1.165, 1.54) is 25.1 Å². The van der Waals surface area contributed by atoms with Crippen molar-refractivity contribution in [2.45, 2.75) is 44.2 Å². The maximum absolute atomic E-state index is 14.3. The van der Waals surface area contributed by atoms with Crippen LogP contribution in [0.5, 0.6) is 0 Å². The smallest absolute Gasteiger partial charge is 0.457 e. The van der Waals surface area contributed by atoms with Crippen LogP contribution in [-0.4, -0.2) is 33.4 Å². The average Bonchev–Trinajstić information content (AvgIpc) is 3.43. The molecule has 0 aliphatic heterocycles. The number of hydrogen-bond donors (Lipinski definition) is 3. The summed E-state index contributed by atoms with van der Waals surface area (Å²) in [6.07, 6.45) is -0.956. The molecule has 0 radical (unpaired) electrons. The van der Waals surface area contributed by atoms with Crippen molar-refractivity contribution in [1.29, 1.82) is 0 Å². The van der Waals surface area contributed by atoms with Gasteiger partial charge in [-0.25, -0.2) is 9.18 Å². The monoisotopic (exact) mass is 567 g/mol. The molecule has 3 N–H and O–H groups in total. The summed E-state index contributed by atoms with van der Waals surface area (Å²) < 4.78 is 40.2. The van der Waals surface area contributed by atoms with Gasteiger partial charge < -0.3 is 28.7 Å². The molecule has 1 saturated carbocycles. The van der Waals surface area contributed by atoms with Gasteiger partial charge in [-0.15, -0.1) is 0 Å². The highest BCUT2D eigenvalue weighted by atomic mass is 35.5. The second-order valence-electron chi connectivity index (χ2n) is 9.12. The Bertz CT molecular complexity index is 1460. The number of carbonyl (C=O) groups is 2. The predicted molar refractivity (Wildman–Crippen MR) is 133 cm³/mol. The number of halogens is 2. The standard InChI is InChI=1S/C25H24ClFNO9P/c1-14-21(37-24(31)36-14)13-35-23(30)12-25(28-22(29)8-9-38(32,33)34)11-19(25)16-4-2-15(3-5-16)18-10-17(26)6-7-20(18)27/h2-7,10,19H,8-9,11-13H2,1H3,(H,28,29)(H2,32,33,34)/t19-,25?/m0/s1. The number of rotatable bonds is 10. The topological polar surface area (TPSA) is 156 Å². The van der Waals surface area contributed by atoms with Crippen LogP contribution in [0.25, 0.3) is 11.1 Å². The summed E-state index contributed by atoms with van der Waals surface area (Å²) in [4.78, 5) is 54.6. The van der Waals surface area contributed by atoms with E-state index in [1.54, 1.807) is 24.3 Å². The van der Waals surface area contributed by atoms with Crippen LogP contribution >= 0.6 is 19.2 Å². The lowest BCUT2D eigenvalue weighted by Crippen LogP contribution is -2.40. The molecule has 3 aromatic rings. The largest absolute Gasteiger partial charge is 0.519 e. The van der Waals surface area contributed by atoms with Gasteiger partial charge in [-0.05, 0) is 42.7 Å². The highest BCUT2D eigenvalue weighted by Gasteiger charge is 2.57. The molecule has 1 aliphatic carbocycles. The van der Waals surface area contributed by atoms with Gasteiger partial charge in [0.15, 0.2) is 18.1 Å². The number of esters is 1. The van der Waals surface area contributed by atoms with Crippen molar-refractivity contribution in [2.75, 3.05) is 6.16 Å². The Kier molecular flexibility index (Phi) is 7.94. The van der Waals surface area contributed by atoms with Crippen LogP contribution in [0, 0.1) is 12.7 Å². The maximum Gasteiger partial charge on any atom is 0.519 e. The van der Waals surface area contributed by atoms with Gasteiger partial charge >= 0.3 is 19.4 Å². The second-order valence-corrected chi connectivity index (χ2v) is 11.3. The number of carbonyl (C=O) groups excluding carboxylic acids is 2. The second kappa shape index (κ2) is 10.9. The number of benzene rings is 2. The summed E-state index contributed by atoms with van der Waals surface area (Å²) in [5.41, 5.74) is 0.609. The molecule has 1 heterocycles. The maximum atomic E-state index is 14.3. The molecule has 38 heavy (non-hydrogen) atoms. The van der Waals surface area contributed by atoms with Crippen molar-refractivity contribution < 1.29 is 41.9 Å². The lowest BCUT2D eigenvalue weighted by molar-refractivity contribution is -0.146. The molecule has 2 atom stereocenters. The molecule has 13 heteroatoms. The van der Waals surface area contributed by atoms with Crippen LogP contribution < -0.4 is 11.1 Å². The van der Waals surface area contributed by atoms with Crippen molar-refractivity contribution in [3.8, 4) is 11.1 Å². The highest BCUT2D eigenvalue weighted by Crippen LogP contribution is 2.54.